The van der Waals surface area contributed by atoms with Crippen molar-refractivity contribution in [2.24, 2.45) is 0 Å². The lowest BCUT2D eigenvalue weighted by Crippen LogP contribution is -2.35. The fourth-order valence-corrected chi connectivity index (χ4v) is 5.92. The number of aliphatic hydroxyl groups is 1. The number of nitrogens with zero attached hydrogens (tertiary/aromatic N) is 4. The number of anilines is 2. The molecule has 0 bridgehead atoms. The number of carbonyl (C=O) groups excluding carboxylic acids is 1. The maximum atomic E-state index is 13.1. The molecule has 40 heavy (non-hydrogen) atoms. The molecular formula is C30H30N6O4. The lowest BCUT2D eigenvalue weighted by molar-refractivity contribution is -0.0688. The molecule has 0 spiro atoms. The number of ether oxygens (including phenoxy) is 1. The Hall–Kier alpha value is -4.25. The molecular weight excluding hydrogens is 508 g/mol. The smallest absolute Gasteiger partial charge is 0.254 e. The van der Waals surface area contributed by atoms with Gasteiger partial charge in [-0.05, 0) is 43.9 Å². The lowest BCUT2D eigenvalue weighted by Gasteiger charge is -2.34. The topological polar surface area (TPSA) is 117 Å². The molecule has 5 aromatic rings. The highest BCUT2D eigenvalue weighted by molar-refractivity contribution is 6.06. The van der Waals surface area contributed by atoms with Crippen molar-refractivity contribution in [2.45, 2.75) is 31.5 Å². The normalized spacial score (nSPS) is 16.6. The fourth-order valence-electron chi connectivity index (χ4n) is 5.92. The molecule has 1 amide bonds. The Morgan fingerprint density at radius 1 is 1.12 bits per heavy atom. The Labute approximate surface area is 230 Å². The van der Waals surface area contributed by atoms with E-state index in [0.29, 0.717) is 56.2 Å². The molecule has 0 atom stereocenters. The third-order valence-corrected chi connectivity index (χ3v) is 7.85. The summed E-state index contributed by atoms with van der Waals surface area (Å²) in [7, 11) is 3.96. The van der Waals surface area contributed by atoms with Crippen LogP contribution < -0.4 is 10.6 Å². The van der Waals surface area contributed by atoms with Gasteiger partial charge in [0.15, 0.2) is 5.58 Å². The molecule has 0 saturated carbocycles. The first-order chi connectivity index (χ1) is 19.4. The second-order valence-corrected chi connectivity index (χ2v) is 10.7. The highest BCUT2D eigenvalue weighted by Gasteiger charge is 2.35. The number of fused-ring (bicyclic) bond motifs is 4. The number of amides is 1. The highest BCUT2D eigenvalue weighted by atomic mass is 16.5. The van der Waals surface area contributed by atoms with Crippen LogP contribution in [-0.4, -0.2) is 57.6 Å². The van der Waals surface area contributed by atoms with E-state index in [9.17, 15) is 9.90 Å². The van der Waals surface area contributed by atoms with E-state index < -0.39 is 5.60 Å². The first-order valence-corrected chi connectivity index (χ1v) is 13.4. The maximum Gasteiger partial charge on any atom is 0.254 e. The summed E-state index contributed by atoms with van der Waals surface area (Å²) in [5, 5.41) is 17.8. The van der Waals surface area contributed by atoms with Crippen LogP contribution in [-0.2, 0) is 23.4 Å². The minimum Gasteiger partial charge on any atom is -0.463 e. The zero-order valence-corrected chi connectivity index (χ0v) is 22.4. The van der Waals surface area contributed by atoms with E-state index in [1.807, 2.05) is 67.7 Å². The number of benzene rings is 1. The summed E-state index contributed by atoms with van der Waals surface area (Å²) in [5.74, 6) is 0.476. The molecule has 4 aromatic heterocycles. The van der Waals surface area contributed by atoms with E-state index in [2.05, 4.69) is 20.0 Å². The number of aromatic nitrogens is 3. The van der Waals surface area contributed by atoms with Crippen molar-refractivity contribution >= 4 is 34.2 Å². The van der Waals surface area contributed by atoms with Gasteiger partial charge in [-0.2, -0.15) is 0 Å². The van der Waals surface area contributed by atoms with Crippen LogP contribution in [0.1, 0.15) is 40.0 Å². The molecule has 0 radical (unpaired) electrons. The summed E-state index contributed by atoms with van der Waals surface area (Å²) < 4.78 is 13.2. The van der Waals surface area contributed by atoms with Gasteiger partial charge in [0.25, 0.3) is 5.91 Å². The molecule has 10 heteroatoms. The van der Waals surface area contributed by atoms with Crippen LogP contribution in [0.3, 0.4) is 0 Å². The second-order valence-electron chi connectivity index (χ2n) is 10.7. The Balaban J connectivity index is 1.29. The predicted molar refractivity (Wildman–Crippen MR) is 150 cm³/mol. The first kappa shape index (κ1) is 24.8. The van der Waals surface area contributed by atoms with Crippen LogP contribution in [0.2, 0.25) is 0 Å². The molecule has 2 aliphatic rings. The van der Waals surface area contributed by atoms with E-state index in [1.165, 1.54) is 0 Å². The van der Waals surface area contributed by atoms with Gasteiger partial charge in [-0.3, -0.25) is 9.20 Å². The van der Waals surface area contributed by atoms with E-state index in [1.54, 1.807) is 6.26 Å². The van der Waals surface area contributed by atoms with Crippen LogP contribution in [0.25, 0.3) is 28.0 Å². The molecule has 0 unspecified atom stereocenters. The minimum atomic E-state index is -0.966. The van der Waals surface area contributed by atoms with Crippen LogP contribution in [0, 0.1) is 0 Å². The summed E-state index contributed by atoms with van der Waals surface area (Å²) in [4.78, 5) is 24.6. The van der Waals surface area contributed by atoms with E-state index >= 15 is 0 Å². The SMILES string of the molecule is CN(C)Cc1nc(Nc2ccc(-c3cnc4ccc5occc5n34)c3c2C(=O)NC3)ccc1C1(O)CCOCC1. The number of hydrogen-bond donors (Lipinski definition) is 3. The number of hydrogen-bond acceptors (Lipinski definition) is 8. The number of furan rings is 1. The van der Waals surface area contributed by atoms with Gasteiger partial charge in [-0.15, -0.1) is 0 Å². The van der Waals surface area contributed by atoms with Crippen molar-refractivity contribution in [2.75, 3.05) is 32.6 Å². The number of carbonyl (C=O) groups is 1. The number of pyridine rings is 2. The Morgan fingerprint density at radius 3 is 2.80 bits per heavy atom. The van der Waals surface area contributed by atoms with Gasteiger partial charge >= 0.3 is 0 Å². The molecule has 1 aromatic carbocycles. The number of imidazole rings is 1. The Bertz CT molecular complexity index is 1770. The van der Waals surface area contributed by atoms with Crippen molar-refractivity contribution in [3.63, 3.8) is 0 Å². The molecule has 3 N–H and O–H groups in total. The van der Waals surface area contributed by atoms with Crippen LogP contribution in [0.5, 0.6) is 0 Å². The van der Waals surface area contributed by atoms with Crippen molar-refractivity contribution < 1.29 is 19.1 Å². The molecule has 2 aliphatic heterocycles. The largest absolute Gasteiger partial charge is 0.463 e. The molecule has 10 nitrogen and oxygen atoms in total. The van der Waals surface area contributed by atoms with Crippen LogP contribution >= 0.6 is 0 Å². The molecule has 0 aliphatic carbocycles. The zero-order valence-electron chi connectivity index (χ0n) is 22.4. The van der Waals surface area contributed by atoms with Gasteiger partial charge in [0.05, 0.1) is 46.2 Å². The maximum absolute atomic E-state index is 13.1. The van der Waals surface area contributed by atoms with Gasteiger partial charge in [-0.25, -0.2) is 9.97 Å². The summed E-state index contributed by atoms with van der Waals surface area (Å²) in [6.45, 7) is 2.03. The molecule has 6 heterocycles. The van der Waals surface area contributed by atoms with E-state index in [0.717, 1.165) is 44.8 Å². The second kappa shape index (κ2) is 9.44. The average molecular weight is 539 g/mol. The fraction of sp³-hybridized carbons (Fsp3) is 0.300. The number of rotatable bonds is 6. The van der Waals surface area contributed by atoms with Gasteiger partial charge in [-0.1, -0.05) is 12.1 Å². The zero-order chi connectivity index (χ0) is 27.4. The van der Waals surface area contributed by atoms with E-state index in [4.69, 9.17) is 14.1 Å². The van der Waals surface area contributed by atoms with E-state index in [-0.39, 0.29) is 5.91 Å². The molecule has 7 rings (SSSR count). The summed E-state index contributed by atoms with van der Waals surface area (Å²) in [5.41, 5.74) is 7.14. The van der Waals surface area contributed by atoms with Gasteiger partial charge in [0.1, 0.15) is 11.5 Å². The monoisotopic (exact) mass is 538 g/mol. The van der Waals surface area contributed by atoms with Gasteiger partial charge < -0.3 is 29.8 Å². The standard InChI is InChI=1S/C30H30N6O4/c1-35(2)17-22-20(30(38)10-13-39-14-11-30)4-7-26(34-22)33-21-5-3-18(19-15-32-29(37)28(19)21)24-16-31-27-8-6-25-23(36(24)27)9-12-40-25/h3-9,12,16,38H,10-11,13-15,17H2,1-2H3,(H,32,37)(H,33,34). The lowest BCUT2D eigenvalue weighted by atomic mass is 9.85. The Kier molecular flexibility index (Phi) is 5.85. The van der Waals surface area contributed by atoms with Crippen molar-refractivity contribution in [3.05, 3.63) is 77.3 Å². The highest BCUT2D eigenvalue weighted by Crippen LogP contribution is 2.38. The summed E-state index contributed by atoms with van der Waals surface area (Å²) >= 11 is 0. The first-order valence-electron chi connectivity index (χ1n) is 13.4. The quantitative estimate of drug-likeness (QED) is 0.295. The number of nitrogens with one attached hydrogen (secondary N) is 2. The Morgan fingerprint density at radius 2 is 1.98 bits per heavy atom. The molecule has 204 valence electrons. The summed E-state index contributed by atoms with van der Waals surface area (Å²) in [6.07, 6.45) is 4.57. The summed E-state index contributed by atoms with van der Waals surface area (Å²) in [6, 6.07) is 13.5. The van der Waals surface area contributed by atoms with Crippen molar-refractivity contribution in [1.29, 1.82) is 0 Å². The molecule has 1 fully saturated rings. The predicted octanol–water partition coefficient (Wildman–Crippen LogP) is 4.19. The van der Waals surface area contributed by atoms with Gasteiger partial charge in [0, 0.05) is 56.3 Å². The van der Waals surface area contributed by atoms with Gasteiger partial charge in [0.2, 0.25) is 0 Å². The van der Waals surface area contributed by atoms with Crippen LogP contribution in [0.4, 0.5) is 11.5 Å². The third-order valence-electron chi connectivity index (χ3n) is 7.85. The van der Waals surface area contributed by atoms with Crippen molar-refractivity contribution in [1.82, 2.24) is 24.6 Å². The van der Waals surface area contributed by atoms with Crippen molar-refractivity contribution in [3.8, 4) is 11.3 Å². The van der Waals surface area contributed by atoms with Crippen LogP contribution in [0.15, 0.2) is 59.3 Å². The third kappa shape index (κ3) is 4.03. The molecule has 1 saturated heterocycles. The minimum absolute atomic E-state index is 0.136. The average Bonchev–Trinajstić information content (AvgIpc) is 3.67.